The molecule has 0 aliphatic carbocycles. The molecule has 0 bridgehead atoms. The summed E-state index contributed by atoms with van der Waals surface area (Å²) in [6.07, 6.45) is 6.81. The van der Waals surface area contributed by atoms with Crippen molar-refractivity contribution in [3.8, 4) is 23.8 Å². The van der Waals surface area contributed by atoms with E-state index >= 15 is 0 Å². The Labute approximate surface area is 263 Å². The van der Waals surface area contributed by atoms with Crippen LogP contribution in [0, 0.1) is 31.1 Å². The second-order valence-corrected chi connectivity index (χ2v) is 18.0. The molecule has 44 heavy (non-hydrogen) atoms. The fourth-order valence-electron chi connectivity index (χ4n) is 4.85. The van der Waals surface area contributed by atoms with Crippen LogP contribution in [0.1, 0.15) is 67.6 Å². The summed E-state index contributed by atoms with van der Waals surface area (Å²) in [5.74, 6) is 2.29. The van der Waals surface area contributed by atoms with Gasteiger partial charge in [-0.15, -0.1) is 12.3 Å². The molecule has 2 aromatic carbocycles. The van der Waals surface area contributed by atoms with Crippen LogP contribution in [0.3, 0.4) is 0 Å². The molecule has 3 rings (SSSR count). The number of esters is 1. The second-order valence-electron chi connectivity index (χ2n) is 13.2. The number of nitrogens with one attached hydrogen (secondary N) is 1. The topological polar surface area (TPSA) is 100 Å². The van der Waals surface area contributed by atoms with E-state index in [-0.39, 0.29) is 36.5 Å². The molecule has 1 aliphatic rings. The molecule has 0 fully saturated rings. The first-order valence-electron chi connectivity index (χ1n) is 15.1. The SMILES string of the molecule is C#CCC(CO[Si](C)(C)C(C)(C)C)C(=O)NC(C=O)C[C@H](C)[C@H]1Cc2ccc(C)c(OCc3ccc(OC)cc3)c2C(=O)O1. The van der Waals surface area contributed by atoms with Gasteiger partial charge in [0.05, 0.1) is 19.1 Å². The molecule has 238 valence electrons. The first-order valence-corrected chi connectivity index (χ1v) is 18.0. The maximum absolute atomic E-state index is 13.3. The lowest BCUT2D eigenvalue weighted by molar-refractivity contribution is -0.128. The fraction of sp³-hybridized carbons (Fsp3) is 0.514. The summed E-state index contributed by atoms with van der Waals surface area (Å²) < 4.78 is 23.5. The fourth-order valence-corrected chi connectivity index (χ4v) is 5.90. The molecule has 1 aliphatic heterocycles. The Morgan fingerprint density at radius 3 is 2.48 bits per heavy atom. The number of carbonyl (C=O) groups excluding carboxylic acids is 3. The summed E-state index contributed by atoms with van der Waals surface area (Å²) in [6, 6.07) is 10.7. The molecule has 0 saturated carbocycles. The van der Waals surface area contributed by atoms with Crippen molar-refractivity contribution < 1.29 is 33.0 Å². The van der Waals surface area contributed by atoms with Crippen molar-refractivity contribution in [3.63, 3.8) is 0 Å². The van der Waals surface area contributed by atoms with Crippen LogP contribution in [0.2, 0.25) is 18.1 Å². The first-order chi connectivity index (χ1) is 20.7. The number of methoxy groups -OCH3 is 1. The summed E-state index contributed by atoms with van der Waals surface area (Å²) in [5.41, 5.74) is 3.04. The molecule has 1 N–H and O–H groups in total. The third kappa shape index (κ3) is 8.73. The number of amides is 1. The van der Waals surface area contributed by atoms with Gasteiger partial charge in [0.2, 0.25) is 5.91 Å². The number of aryl methyl sites for hydroxylation is 1. The van der Waals surface area contributed by atoms with Gasteiger partial charge in [0.15, 0.2) is 8.32 Å². The third-order valence-electron chi connectivity index (χ3n) is 8.81. The van der Waals surface area contributed by atoms with Crippen LogP contribution in [0.15, 0.2) is 36.4 Å². The molecule has 0 aromatic heterocycles. The van der Waals surface area contributed by atoms with Crippen molar-refractivity contribution in [1.82, 2.24) is 5.32 Å². The van der Waals surface area contributed by atoms with Crippen LogP contribution in [-0.4, -0.2) is 52.3 Å². The zero-order valence-electron chi connectivity index (χ0n) is 27.3. The molecular formula is C35H47NO7Si. The predicted molar refractivity (Wildman–Crippen MR) is 173 cm³/mol. The predicted octanol–water partition coefficient (Wildman–Crippen LogP) is 6.04. The molecule has 0 radical (unpaired) electrons. The summed E-state index contributed by atoms with van der Waals surface area (Å²) in [6.45, 7) is 14.9. The maximum Gasteiger partial charge on any atom is 0.342 e. The van der Waals surface area contributed by atoms with Gasteiger partial charge in [-0.1, -0.05) is 52.0 Å². The number of hydrogen-bond acceptors (Lipinski definition) is 7. The van der Waals surface area contributed by atoms with Crippen molar-refractivity contribution in [2.24, 2.45) is 11.8 Å². The van der Waals surface area contributed by atoms with E-state index in [1.165, 1.54) is 0 Å². The Morgan fingerprint density at radius 1 is 1.20 bits per heavy atom. The van der Waals surface area contributed by atoms with Gasteiger partial charge in [0.25, 0.3) is 0 Å². The Morgan fingerprint density at radius 2 is 1.89 bits per heavy atom. The first kappa shape index (κ1) is 34.9. The molecule has 2 aromatic rings. The highest BCUT2D eigenvalue weighted by Gasteiger charge is 2.39. The summed E-state index contributed by atoms with van der Waals surface area (Å²) >= 11 is 0. The van der Waals surface area contributed by atoms with E-state index in [4.69, 9.17) is 25.1 Å². The molecule has 0 saturated heterocycles. The van der Waals surface area contributed by atoms with E-state index in [1.807, 2.05) is 50.2 Å². The molecular weight excluding hydrogens is 574 g/mol. The van der Waals surface area contributed by atoms with Gasteiger partial charge >= 0.3 is 5.97 Å². The average Bonchev–Trinajstić information content (AvgIpc) is 2.97. The van der Waals surface area contributed by atoms with E-state index in [2.05, 4.69) is 45.1 Å². The monoisotopic (exact) mass is 621 g/mol. The summed E-state index contributed by atoms with van der Waals surface area (Å²) in [4.78, 5) is 38.5. The lowest BCUT2D eigenvalue weighted by atomic mass is 9.87. The molecule has 0 spiro atoms. The Kier molecular flexibility index (Phi) is 11.8. The van der Waals surface area contributed by atoms with E-state index in [9.17, 15) is 14.4 Å². The number of rotatable bonds is 14. The van der Waals surface area contributed by atoms with Crippen molar-refractivity contribution in [1.29, 1.82) is 0 Å². The average molecular weight is 622 g/mol. The van der Waals surface area contributed by atoms with Crippen LogP contribution in [0.25, 0.3) is 0 Å². The standard InChI is InChI=1S/C35H47NO7Si/c1-10-11-27(22-42-44(8,9)35(4,5)6)33(38)36-28(20-37)18-24(3)30-19-26-15-12-23(2)32(31(26)34(39)43-30)41-21-25-13-16-29(40-7)17-14-25/h1,12-17,20,24,27-28,30H,11,18-19,21-22H2,2-9H3,(H,36,38)/t24-,27?,28?,30+/m0/s1. The third-order valence-corrected chi connectivity index (χ3v) is 13.3. The van der Waals surface area contributed by atoms with E-state index in [1.54, 1.807) is 7.11 Å². The molecule has 8 nitrogen and oxygen atoms in total. The van der Waals surface area contributed by atoms with Gasteiger partial charge in [-0.2, -0.15) is 0 Å². The highest BCUT2D eigenvalue weighted by molar-refractivity contribution is 6.74. The van der Waals surface area contributed by atoms with E-state index in [0.29, 0.717) is 24.2 Å². The van der Waals surface area contributed by atoms with Gasteiger partial charge in [-0.05, 0) is 66.2 Å². The van der Waals surface area contributed by atoms with Crippen molar-refractivity contribution in [2.75, 3.05) is 13.7 Å². The Balaban J connectivity index is 1.65. The van der Waals surface area contributed by atoms with E-state index < -0.39 is 32.4 Å². The number of aldehydes is 1. The van der Waals surface area contributed by atoms with Gasteiger partial charge in [0.1, 0.15) is 36.1 Å². The number of hydrogen-bond donors (Lipinski definition) is 1. The second kappa shape index (κ2) is 14.9. The van der Waals surface area contributed by atoms with Crippen LogP contribution >= 0.6 is 0 Å². The lowest BCUT2D eigenvalue weighted by Crippen LogP contribution is -2.46. The molecule has 1 heterocycles. The van der Waals surface area contributed by atoms with Crippen molar-refractivity contribution in [2.45, 2.75) is 90.8 Å². The molecule has 4 atom stereocenters. The normalized spacial score (nSPS) is 16.9. The summed E-state index contributed by atoms with van der Waals surface area (Å²) in [7, 11) is -0.475. The highest BCUT2D eigenvalue weighted by atomic mass is 28.4. The molecule has 1 amide bonds. The quantitative estimate of drug-likeness (QED) is 0.119. The minimum atomic E-state index is -2.09. The maximum atomic E-state index is 13.3. The number of fused-ring (bicyclic) bond motifs is 1. The minimum absolute atomic E-state index is 0.0108. The lowest BCUT2D eigenvalue weighted by Gasteiger charge is -2.37. The largest absolute Gasteiger partial charge is 0.497 e. The number of terminal acetylenes is 1. The van der Waals surface area contributed by atoms with E-state index in [0.717, 1.165) is 28.7 Å². The Bertz CT molecular complexity index is 1360. The Hall–Kier alpha value is -3.61. The number of ether oxygens (including phenoxy) is 3. The number of cyclic esters (lactones) is 1. The van der Waals surface area contributed by atoms with Gasteiger partial charge in [0, 0.05) is 19.4 Å². The highest BCUT2D eigenvalue weighted by Crippen LogP contribution is 2.37. The minimum Gasteiger partial charge on any atom is -0.497 e. The number of carbonyl (C=O) groups is 3. The van der Waals surface area contributed by atoms with Crippen LogP contribution in [0.5, 0.6) is 11.5 Å². The summed E-state index contributed by atoms with van der Waals surface area (Å²) in [5, 5.41) is 2.84. The zero-order valence-corrected chi connectivity index (χ0v) is 28.3. The smallest absolute Gasteiger partial charge is 0.342 e. The zero-order chi connectivity index (χ0) is 32.7. The van der Waals surface area contributed by atoms with Crippen molar-refractivity contribution >= 4 is 26.5 Å². The van der Waals surface area contributed by atoms with Gasteiger partial charge < -0.3 is 28.7 Å². The van der Waals surface area contributed by atoms with Crippen LogP contribution < -0.4 is 14.8 Å². The van der Waals surface area contributed by atoms with Crippen LogP contribution in [-0.2, 0) is 31.8 Å². The van der Waals surface area contributed by atoms with Gasteiger partial charge in [-0.3, -0.25) is 4.79 Å². The number of benzene rings is 2. The molecule has 9 heteroatoms. The van der Waals surface area contributed by atoms with Crippen LogP contribution in [0.4, 0.5) is 0 Å². The van der Waals surface area contributed by atoms with Gasteiger partial charge in [-0.25, -0.2) is 4.79 Å². The van der Waals surface area contributed by atoms with Crippen molar-refractivity contribution in [3.05, 3.63) is 58.7 Å². The molecule has 2 unspecified atom stereocenters.